The second-order valence-electron chi connectivity index (χ2n) is 3.65. The van der Waals surface area contributed by atoms with Gasteiger partial charge < -0.3 is 15.2 Å². The first-order chi connectivity index (χ1) is 8.51. The van der Waals surface area contributed by atoms with Crippen molar-refractivity contribution in [2.75, 3.05) is 19.5 Å². The first kappa shape index (κ1) is 14.0. The Morgan fingerprint density at radius 1 is 1.44 bits per heavy atom. The van der Waals surface area contributed by atoms with E-state index in [9.17, 15) is 9.59 Å². The van der Waals surface area contributed by atoms with E-state index in [0.29, 0.717) is 17.8 Å². The van der Waals surface area contributed by atoms with Gasteiger partial charge >= 0.3 is 11.9 Å². The normalized spacial score (nSPS) is 10.2. The summed E-state index contributed by atoms with van der Waals surface area (Å²) in [4.78, 5) is 22.6. The summed E-state index contributed by atoms with van der Waals surface area (Å²) in [5.41, 5.74) is 6.98. The molecule has 1 aromatic rings. The first-order valence-electron chi connectivity index (χ1n) is 5.56. The van der Waals surface area contributed by atoms with Crippen LogP contribution in [0.3, 0.4) is 0 Å². The molecule has 0 fully saturated rings. The van der Waals surface area contributed by atoms with E-state index in [4.69, 9.17) is 10.5 Å². The highest BCUT2D eigenvalue weighted by molar-refractivity contribution is 5.93. The number of ether oxygens (including phenoxy) is 2. The molecular formula is C11H17N3O4. The van der Waals surface area contributed by atoms with Crippen LogP contribution in [0.1, 0.15) is 29.5 Å². The Hall–Kier alpha value is -2.05. The van der Waals surface area contributed by atoms with Crippen LogP contribution in [0, 0.1) is 0 Å². The third kappa shape index (κ3) is 2.99. The lowest BCUT2D eigenvalue weighted by Crippen LogP contribution is -2.15. The lowest BCUT2D eigenvalue weighted by Gasteiger charge is -2.05. The number of carbonyl (C=O) groups excluding carboxylic acids is 2. The van der Waals surface area contributed by atoms with E-state index in [0.717, 1.165) is 0 Å². The Morgan fingerprint density at radius 2 is 2.11 bits per heavy atom. The van der Waals surface area contributed by atoms with Gasteiger partial charge in [0.05, 0.1) is 24.9 Å². The molecule has 0 atom stereocenters. The third-order valence-electron chi connectivity index (χ3n) is 2.46. The second-order valence-corrected chi connectivity index (χ2v) is 3.65. The van der Waals surface area contributed by atoms with E-state index in [1.54, 1.807) is 7.05 Å². The minimum Gasteiger partial charge on any atom is -0.469 e. The van der Waals surface area contributed by atoms with Crippen molar-refractivity contribution in [1.29, 1.82) is 0 Å². The van der Waals surface area contributed by atoms with Gasteiger partial charge in [0, 0.05) is 7.05 Å². The molecule has 7 nitrogen and oxygen atoms in total. The maximum atomic E-state index is 11.8. The van der Waals surface area contributed by atoms with Crippen LogP contribution in [0.25, 0.3) is 0 Å². The number of esters is 2. The topological polar surface area (TPSA) is 96.4 Å². The number of methoxy groups -OCH3 is 1. The standard InChI is InChI=1S/C11H17N3O4/c1-4-7-9(12)10(14(2)13-7)11(16)18-6-5-8(15)17-3/h4-6,12H2,1-3H3. The molecule has 7 heteroatoms. The lowest BCUT2D eigenvalue weighted by molar-refractivity contribution is -0.141. The molecule has 0 unspecified atom stereocenters. The summed E-state index contributed by atoms with van der Waals surface area (Å²) < 4.78 is 10.8. The van der Waals surface area contributed by atoms with Crippen molar-refractivity contribution in [2.45, 2.75) is 19.8 Å². The number of hydrogen-bond acceptors (Lipinski definition) is 6. The molecule has 1 heterocycles. The van der Waals surface area contributed by atoms with Crippen molar-refractivity contribution in [3.8, 4) is 0 Å². The van der Waals surface area contributed by atoms with Crippen molar-refractivity contribution in [1.82, 2.24) is 9.78 Å². The van der Waals surface area contributed by atoms with Gasteiger partial charge in [0.15, 0.2) is 5.69 Å². The fourth-order valence-electron chi connectivity index (χ4n) is 1.50. The molecule has 1 aromatic heterocycles. The highest BCUT2D eigenvalue weighted by Crippen LogP contribution is 2.17. The summed E-state index contributed by atoms with van der Waals surface area (Å²) in [5.74, 6) is -1.03. The number of aryl methyl sites for hydroxylation is 2. The quantitative estimate of drug-likeness (QED) is 0.759. The SMILES string of the molecule is CCc1nn(C)c(C(=O)OCCC(=O)OC)c1N. The van der Waals surface area contributed by atoms with Crippen molar-refractivity contribution in [2.24, 2.45) is 7.05 Å². The molecule has 100 valence electrons. The molecule has 0 aliphatic rings. The third-order valence-corrected chi connectivity index (χ3v) is 2.46. The van der Waals surface area contributed by atoms with Gasteiger partial charge in [-0.2, -0.15) is 5.10 Å². The van der Waals surface area contributed by atoms with E-state index in [1.807, 2.05) is 6.92 Å². The van der Waals surface area contributed by atoms with Crippen molar-refractivity contribution >= 4 is 17.6 Å². The smallest absolute Gasteiger partial charge is 0.358 e. The van der Waals surface area contributed by atoms with Crippen LogP contribution < -0.4 is 5.73 Å². The van der Waals surface area contributed by atoms with Gasteiger partial charge in [-0.25, -0.2) is 4.79 Å². The van der Waals surface area contributed by atoms with Crippen LogP contribution >= 0.6 is 0 Å². The fraction of sp³-hybridized carbons (Fsp3) is 0.545. The maximum Gasteiger partial charge on any atom is 0.358 e. The van der Waals surface area contributed by atoms with Gasteiger partial charge in [-0.15, -0.1) is 0 Å². The molecule has 0 saturated carbocycles. The molecule has 0 amide bonds. The summed E-state index contributed by atoms with van der Waals surface area (Å²) >= 11 is 0. The lowest BCUT2D eigenvalue weighted by atomic mass is 10.2. The number of aromatic nitrogens is 2. The molecule has 1 rings (SSSR count). The molecule has 0 saturated heterocycles. The van der Waals surface area contributed by atoms with Crippen molar-refractivity contribution in [3.63, 3.8) is 0 Å². The van der Waals surface area contributed by atoms with Crippen LogP contribution in [0.5, 0.6) is 0 Å². The Labute approximate surface area is 105 Å². The van der Waals surface area contributed by atoms with Crippen LogP contribution in [0.2, 0.25) is 0 Å². The molecule has 0 radical (unpaired) electrons. The summed E-state index contributed by atoms with van der Waals surface area (Å²) in [6.07, 6.45) is 0.649. The van der Waals surface area contributed by atoms with Gasteiger partial charge in [-0.05, 0) is 6.42 Å². The number of hydrogen-bond donors (Lipinski definition) is 1. The molecular weight excluding hydrogens is 238 g/mol. The van der Waals surface area contributed by atoms with Gasteiger partial charge in [-0.1, -0.05) is 6.92 Å². The first-order valence-corrected chi connectivity index (χ1v) is 5.56. The number of nitrogens with zero attached hydrogens (tertiary/aromatic N) is 2. The van der Waals surface area contributed by atoms with Crippen LogP contribution in [0.15, 0.2) is 0 Å². The molecule has 0 spiro atoms. The van der Waals surface area contributed by atoms with Gasteiger partial charge in [0.2, 0.25) is 0 Å². The van der Waals surface area contributed by atoms with Gasteiger partial charge in [-0.3, -0.25) is 9.48 Å². The highest BCUT2D eigenvalue weighted by Gasteiger charge is 2.20. The van der Waals surface area contributed by atoms with E-state index in [-0.39, 0.29) is 18.7 Å². The Morgan fingerprint density at radius 3 is 2.61 bits per heavy atom. The summed E-state index contributed by atoms with van der Waals surface area (Å²) in [6, 6.07) is 0. The van der Waals surface area contributed by atoms with E-state index >= 15 is 0 Å². The average molecular weight is 255 g/mol. The molecule has 0 bridgehead atoms. The van der Waals surface area contributed by atoms with Crippen LogP contribution in [-0.4, -0.2) is 35.4 Å². The van der Waals surface area contributed by atoms with Gasteiger partial charge in [0.1, 0.15) is 6.61 Å². The second kappa shape index (κ2) is 6.04. The number of carbonyl (C=O) groups is 2. The minimum absolute atomic E-state index is 0.0145. The molecule has 0 aliphatic heterocycles. The minimum atomic E-state index is -0.592. The number of anilines is 1. The zero-order valence-electron chi connectivity index (χ0n) is 10.7. The average Bonchev–Trinajstić information content (AvgIpc) is 2.63. The molecule has 18 heavy (non-hydrogen) atoms. The fourth-order valence-corrected chi connectivity index (χ4v) is 1.50. The summed E-state index contributed by atoms with van der Waals surface area (Å²) in [6.45, 7) is 1.85. The zero-order valence-corrected chi connectivity index (χ0v) is 10.7. The van der Waals surface area contributed by atoms with E-state index in [1.165, 1.54) is 11.8 Å². The highest BCUT2D eigenvalue weighted by atomic mass is 16.5. The summed E-state index contributed by atoms with van der Waals surface area (Å²) in [5, 5.41) is 4.11. The Balaban J connectivity index is 2.67. The molecule has 0 aliphatic carbocycles. The zero-order chi connectivity index (χ0) is 13.7. The number of nitrogen functional groups attached to an aromatic ring is 1. The Bertz CT molecular complexity index is 453. The molecule has 2 N–H and O–H groups in total. The largest absolute Gasteiger partial charge is 0.469 e. The van der Waals surface area contributed by atoms with Crippen molar-refractivity contribution in [3.05, 3.63) is 11.4 Å². The van der Waals surface area contributed by atoms with Crippen LogP contribution in [0.4, 0.5) is 5.69 Å². The predicted octanol–water partition coefficient (Wildman–Crippen LogP) is 0.285. The Kier molecular flexibility index (Phi) is 4.70. The summed E-state index contributed by atoms with van der Waals surface area (Å²) in [7, 11) is 2.89. The monoisotopic (exact) mass is 255 g/mol. The molecule has 0 aromatic carbocycles. The maximum absolute atomic E-state index is 11.8. The number of rotatable bonds is 5. The predicted molar refractivity (Wildman–Crippen MR) is 63.9 cm³/mol. The van der Waals surface area contributed by atoms with E-state index in [2.05, 4.69) is 9.84 Å². The van der Waals surface area contributed by atoms with E-state index < -0.39 is 11.9 Å². The van der Waals surface area contributed by atoms with Crippen molar-refractivity contribution < 1.29 is 19.1 Å². The number of nitrogens with two attached hydrogens (primary N) is 1. The van der Waals surface area contributed by atoms with Crippen LogP contribution in [-0.2, 0) is 27.7 Å². The van der Waals surface area contributed by atoms with Gasteiger partial charge in [0.25, 0.3) is 0 Å².